The fraction of sp³-hybridized carbons (Fsp3) is 0.241. The molecule has 1 aliphatic rings. The molecule has 1 fully saturated rings. The summed E-state index contributed by atoms with van der Waals surface area (Å²) in [5.41, 5.74) is 0.653. The number of hydrogen-bond acceptors (Lipinski definition) is 10. The highest BCUT2D eigenvalue weighted by atomic mass is 32.2. The molecular formula is C29H28N4O6S2. The molecule has 0 radical (unpaired) electrons. The standard InChI is InChI=1S/C29H28N4O6S2/c1-3-32(4-2)29-30-17-27(33(34)35)28(31-29)20-5-7-21(8-6-20)38-22-9-11-23(12-10-22)39-24-13-15-26(16-14-24)41(36,37)19-25-18-40-25/h5-17,25H,3-4,18-19H2,1-2H3. The van der Waals surface area contributed by atoms with Crippen LogP contribution in [0.3, 0.4) is 0 Å². The summed E-state index contributed by atoms with van der Waals surface area (Å²) in [6.07, 6.45) is 1.24. The molecule has 10 nitrogen and oxygen atoms in total. The number of nitrogens with zero attached hydrogens (tertiary/aromatic N) is 4. The lowest BCUT2D eigenvalue weighted by Crippen LogP contribution is -2.24. The van der Waals surface area contributed by atoms with Gasteiger partial charge in [0.15, 0.2) is 15.5 Å². The maximum atomic E-state index is 12.4. The Morgan fingerprint density at radius 2 is 1.39 bits per heavy atom. The van der Waals surface area contributed by atoms with E-state index >= 15 is 0 Å². The Hall–Kier alpha value is -4.16. The lowest BCUT2D eigenvalue weighted by atomic mass is 10.1. The molecule has 0 saturated carbocycles. The van der Waals surface area contributed by atoms with Gasteiger partial charge in [-0.2, -0.15) is 11.8 Å². The van der Waals surface area contributed by atoms with Gasteiger partial charge in [0, 0.05) is 29.7 Å². The van der Waals surface area contributed by atoms with Crippen LogP contribution in [0.1, 0.15) is 13.8 Å². The summed E-state index contributed by atoms with van der Waals surface area (Å²) in [5, 5.41) is 11.8. The average Bonchev–Trinajstić information content (AvgIpc) is 3.79. The highest BCUT2D eigenvalue weighted by Crippen LogP contribution is 2.34. The Labute approximate surface area is 242 Å². The average molecular weight is 593 g/mol. The quantitative estimate of drug-likeness (QED) is 0.104. The van der Waals surface area contributed by atoms with Crippen LogP contribution in [0, 0.1) is 10.1 Å². The Morgan fingerprint density at radius 3 is 1.85 bits per heavy atom. The Bertz CT molecular complexity index is 1620. The third-order valence-electron chi connectivity index (χ3n) is 6.41. The zero-order chi connectivity index (χ0) is 29.0. The van der Waals surface area contributed by atoms with Crippen LogP contribution in [-0.2, 0) is 9.84 Å². The molecule has 212 valence electrons. The second-order valence-corrected chi connectivity index (χ2v) is 12.6. The number of thioether (sulfide) groups is 1. The number of hydrogen-bond donors (Lipinski definition) is 0. The van der Waals surface area contributed by atoms with Crippen molar-refractivity contribution in [3.63, 3.8) is 0 Å². The smallest absolute Gasteiger partial charge is 0.313 e. The molecule has 5 rings (SSSR count). The number of ether oxygens (including phenoxy) is 2. The van der Waals surface area contributed by atoms with Gasteiger partial charge in [-0.25, -0.2) is 18.4 Å². The topological polar surface area (TPSA) is 125 Å². The normalized spacial score (nSPS) is 14.3. The molecule has 2 heterocycles. The zero-order valence-corrected chi connectivity index (χ0v) is 24.1. The van der Waals surface area contributed by atoms with Gasteiger partial charge in [0.2, 0.25) is 5.95 Å². The van der Waals surface area contributed by atoms with Crippen LogP contribution in [0.25, 0.3) is 11.3 Å². The number of anilines is 1. The van der Waals surface area contributed by atoms with E-state index in [0.29, 0.717) is 52.5 Å². The molecule has 0 amide bonds. The molecule has 1 aromatic heterocycles. The van der Waals surface area contributed by atoms with Crippen LogP contribution in [0.5, 0.6) is 23.0 Å². The van der Waals surface area contributed by atoms with Crippen LogP contribution in [0.2, 0.25) is 0 Å². The second kappa shape index (κ2) is 12.1. The van der Waals surface area contributed by atoms with E-state index in [4.69, 9.17) is 9.47 Å². The number of benzene rings is 3. The molecule has 0 spiro atoms. The Balaban J connectivity index is 1.24. The highest BCUT2D eigenvalue weighted by molar-refractivity contribution is 8.08. The third kappa shape index (κ3) is 6.95. The van der Waals surface area contributed by atoms with E-state index in [9.17, 15) is 18.5 Å². The lowest BCUT2D eigenvalue weighted by Gasteiger charge is -2.18. The number of aromatic nitrogens is 2. The molecule has 41 heavy (non-hydrogen) atoms. The highest BCUT2D eigenvalue weighted by Gasteiger charge is 2.30. The van der Waals surface area contributed by atoms with Crippen molar-refractivity contribution in [2.75, 3.05) is 29.5 Å². The fourth-order valence-electron chi connectivity index (χ4n) is 4.12. The van der Waals surface area contributed by atoms with E-state index in [0.717, 1.165) is 5.75 Å². The first-order valence-electron chi connectivity index (χ1n) is 13.0. The van der Waals surface area contributed by atoms with Gasteiger partial charge in [-0.05, 0) is 86.6 Å². The molecule has 4 aromatic rings. The van der Waals surface area contributed by atoms with Gasteiger partial charge >= 0.3 is 5.69 Å². The third-order valence-corrected chi connectivity index (χ3v) is 9.43. The molecule has 1 unspecified atom stereocenters. The minimum atomic E-state index is -3.29. The summed E-state index contributed by atoms with van der Waals surface area (Å²) in [5.74, 6) is 3.71. The minimum absolute atomic E-state index is 0.167. The van der Waals surface area contributed by atoms with Gasteiger partial charge in [0.1, 0.15) is 29.2 Å². The van der Waals surface area contributed by atoms with Crippen LogP contribution in [-0.4, -0.2) is 53.2 Å². The van der Waals surface area contributed by atoms with Gasteiger partial charge in [-0.3, -0.25) is 10.1 Å². The van der Waals surface area contributed by atoms with Gasteiger partial charge in [-0.1, -0.05) is 0 Å². The SMILES string of the molecule is CCN(CC)c1ncc([N+](=O)[O-])c(-c2ccc(Oc3ccc(Oc4ccc(S(=O)(=O)CC5CS5)cc4)cc3)cc2)n1. The first-order chi connectivity index (χ1) is 19.8. The minimum Gasteiger partial charge on any atom is -0.457 e. The lowest BCUT2D eigenvalue weighted by molar-refractivity contribution is -0.384. The number of rotatable bonds is 12. The van der Waals surface area contributed by atoms with Crippen LogP contribution < -0.4 is 14.4 Å². The van der Waals surface area contributed by atoms with Gasteiger partial charge in [0.25, 0.3) is 0 Å². The molecular weight excluding hydrogens is 564 g/mol. The van der Waals surface area contributed by atoms with Gasteiger partial charge in [0.05, 0.1) is 15.6 Å². The summed E-state index contributed by atoms with van der Waals surface area (Å²) in [4.78, 5) is 22.0. The molecule has 0 aliphatic carbocycles. The summed E-state index contributed by atoms with van der Waals surface area (Å²) in [6.45, 7) is 5.31. The molecule has 0 bridgehead atoms. The van der Waals surface area contributed by atoms with Crippen molar-refractivity contribution in [1.29, 1.82) is 0 Å². The Kier molecular flexibility index (Phi) is 8.41. The Morgan fingerprint density at radius 1 is 0.902 bits per heavy atom. The molecule has 12 heteroatoms. The maximum absolute atomic E-state index is 12.4. The van der Waals surface area contributed by atoms with Gasteiger partial charge in [-0.15, -0.1) is 0 Å². The van der Waals surface area contributed by atoms with E-state index in [-0.39, 0.29) is 22.4 Å². The van der Waals surface area contributed by atoms with Crippen LogP contribution in [0.15, 0.2) is 83.9 Å². The molecule has 1 atom stereocenters. The van der Waals surface area contributed by atoms with Crippen molar-refractivity contribution in [3.8, 4) is 34.3 Å². The van der Waals surface area contributed by atoms with E-state index < -0.39 is 14.8 Å². The fourth-order valence-corrected chi connectivity index (χ4v) is 6.80. The van der Waals surface area contributed by atoms with Crippen molar-refractivity contribution in [1.82, 2.24) is 9.97 Å². The van der Waals surface area contributed by atoms with Crippen molar-refractivity contribution < 1.29 is 22.8 Å². The summed E-state index contributed by atoms with van der Waals surface area (Å²) in [6, 6.07) is 20.3. The molecule has 0 N–H and O–H groups in total. The van der Waals surface area contributed by atoms with Crippen molar-refractivity contribution in [3.05, 3.63) is 89.1 Å². The first kappa shape index (κ1) is 28.4. The van der Waals surface area contributed by atoms with E-state index in [1.165, 1.54) is 6.20 Å². The summed E-state index contributed by atoms with van der Waals surface area (Å²) in [7, 11) is -3.29. The van der Waals surface area contributed by atoms with E-state index in [1.807, 2.05) is 18.7 Å². The molecule has 3 aromatic carbocycles. The monoisotopic (exact) mass is 592 g/mol. The van der Waals surface area contributed by atoms with E-state index in [2.05, 4.69) is 9.97 Å². The second-order valence-electron chi connectivity index (χ2n) is 9.24. The molecule has 1 aliphatic heterocycles. The number of sulfone groups is 1. The first-order valence-corrected chi connectivity index (χ1v) is 15.7. The van der Waals surface area contributed by atoms with Crippen molar-refractivity contribution in [2.45, 2.75) is 24.0 Å². The zero-order valence-electron chi connectivity index (χ0n) is 22.5. The van der Waals surface area contributed by atoms with Crippen LogP contribution in [0.4, 0.5) is 11.6 Å². The maximum Gasteiger partial charge on any atom is 0.313 e. The van der Waals surface area contributed by atoms with E-state index in [1.54, 1.807) is 84.6 Å². The summed E-state index contributed by atoms with van der Waals surface area (Å²) < 4.78 is 36.7. The van der Waals surface area contributed by atoms with Crippen molar-refractivity contribution in [2.24, 2.45) is 0 Å². The van der Waals surface area contributed by atoms with Crippen LogP contribution >= 0.6 is 11.8 Å². The number of nitro groups is 1. The predicted molar refractivity (Wildman–Crippen MR) is 159 cm³/mol. The molecule has 1 saturated heterocycles. The van der Waals surface area contributed by atoms with Gasteiger partial charge < -0.3 is 14.4 Å². The van der Waals surface area contributed by atoms with Crippen molar-refractivity contribution >= 4 is 33.2 Å². The summed E-state index contributed by atoms with van der Waals surface area (Å²) >= 11 is 1.66. The predicted octanol–water partition coefficient (Wildman–Crippen LogP) is 6.37. The largest absolute Gasteiger partial charge is 0.457 e.